The van der Waals surface area contributed by atoms with Gasteiger partial charge in [0.2, 0.25) is 0 Å². The second kappa shape index (κ2) is 5.51. The van der Waals surface area contributed by atoms with Gasteiger partial charge in [0, 0.05) is 0 Å². The van der Waals surface area contributed by atoms with Crippen molar-refractivity contribution in [2.45, 2.75) is 33.1 Å². The normalized spacial score (nSPS) is 9.29. The summed E-state index contributed by atoms with van der Waals surface area (Å²) in [6, 6.07) is 0. The lowest BCUT2D eigenvalue weighted by molar-refractivity contribution is 0.100. The number of aryl methyl sites for hydroxylation is 1. The summed E-state index contributed by atoms with van der Waals surface area (Å²) in [4.78, 5) is 12.3. The van der Waals surface area contributed by atoms with Gasteiger partial charge in [-0.15, -0.1) is 11.0 Å². The molecule has 74 valence electrons. The molecule has 0 N–H and O–H groups in total. The smallest absolute Gasteiger partial charge is 0.188 e. The topological polar surface area (TPSA) is 42.9 Å². The number of nitrogens with zero attached hydrogens (tertiary/aromatic N) is 2. The van der Waals surface area contributed by atoms with Crippen LogP contribution >= 0.6 is 11.5 Å². The molecule has 1 aromatic rings. The van der Waals surface area contributed by atoms with Crippen molar-refractivity contribution in [3.05, 3.63) is 10.6 Å². The largest absolute Gasteiger partial charge is 0.292 e. The monoisotopic (exact) mass is 208 g/mol. The van der Waals surface area contributed by atoms with Gasteiger partial charge in [-0.05, 0) is 24.9 Å². The Bertz CT molecular complexity index is 373. The molecular formula is C10H12N2OS. The molecule has 0 saturated carbocycles. The number of ketones is 1. The summed E-state index contributed by atoms with van der Waals surface area (Å²) >= 11 is 1.17. The van der Waals surface area contributed by atoms with Gasteiger partial charge in [-0.2, -0.15) is 0 Å². The zero-order valence-electron chi connectivity index (χ0n) is 8.33. The lowest BCUT2D eigenvalue weighted by Gasteiger charge is -1.94. The van der Waals surface area contributed by atoms with Crippen molar-refractivity contribution in [2.24, 2.45) is 0 Å². The summed E-state index contributed by atoms with van der Waals surface area (Å²) in [6.45, 7) is 3.78. The van der Waals surface area contributed by atoms with Crippen LogP contribution < -0.4 is 0 Å². The highest BCUT2D eigenvalue weighted by Gasteiger charge is 2.13. The third-order valence-electron chi connectivity index (χ3n) is 1.72. The Morgan fingerprint density at radius 1 is 1.57 bits per heavy atom. The Kier molecular flexibility index (Phi) is 4.27. The van der Waals surface area contributed by atoms with Crippen molar-refractivity contribution in [2.75, 3.05) is 0 Å². The molecule has 0 aliphatic rings. The Hall–Kier alpha value is -1.21. The first-order chi connectivity index (χ1) is 6.79. The summed E-state index contributed by atoms with van der Waals surface area (Å²) in [5, 5.41) is 3.93. The second-order valence-corrected chi connectivity index (χ2v) is 3.58. The summed E-state index contributed by atoms with van der Waals surface area (Å²) in [5.41, 5.74) is 0.820. The van der Waals surface area contributed by atoms with E-state index in [1.54, 1.807) is 6.92 Å². The molecule has 3 nitrogen and oxygen atoms in total. The molecule has 0 aromatic carbocycles. The van der Waals surface area contributed by atoms with Crippen LogP contribution in [0.3, 0.4) is 0 Å². The van der Waals surface area contributed by atoms with Crippen molar-refractivity contribution < 1.29 is 4.79 Å². The van der Waals surface area contributed by atoms with Crippen LogP contribution in [-0.2, 0) is 6.42 Å². The molecule has 14 heavy (non-hydrogen) atoms. The summed E-state index contributed by atoms with van der Waals surface area (Å²) in [6.07, 6.45) is 2.07. The van der Waals surface area contributed by atoms with E-state index in [-0.39, 0.29) is 12.2 Å². The summed E-state index contributed by atoms with van der Waals surface area (Å²) in [5.74, 6) is 5.50. The van der Waals surface area contributed by atoms with Crippen molar-refractivity contribution in [3.8, 4) is 11.8 Å². The van der Waals surface area contributed by atoms with E-state index in [0.717, 1.165) is 18.5 Å². The zero-order valence-corrected chi connectivity index (χ0v) is 9.15. The highest BCUT2D eigenvalue weighted by Crippen LogP contribution is 2.14. The SMILES string of the molecule is CC#CCC(=O)c1snnc1CCC. The maximum atomic E-state index is 11.6. The van der Waals surface area contributed by atoms with Crippen molar-refractivity contribution in [1.29, 1.82) is 0 Å². The molecule has 1 rings (SSSR count). The van der Waals surface area contributed by atoms with Crippen LogP contribution in [0.2, 0.25) is 0 Å². The van der Waals surface area contributed by atoms with Crippen molar-refractivity contribution in [1.82, 2.24) is 9.59 Å². The average molecular weight is 208 g/mol. The molecule has 0 amide bonds. The van der Waals surface area contributed by atoms with E-state index in [0.29, 0.717) is 4.88 Å². The van der Waals surface area contributed by atoms with E-state index in [4.69, 9.17) is 0 Å². The zero-order chi connectivity index (χ0) is 10.4. The van der Waals surface area contributed by atoms with Crippen LogP contribution in [0.15, 0.2) is 0 Å². The Morgan fingerprint density at radius 3 is 3.00 bits per heavy atom. The van der Waals surface area contributed by atoms with Crippen molar-refractivity contribution in [3.63, 3.8) is 0 Å². The van der Waals surface area contributed by atoms with Gasteiger partial charge in [0.1, 0.15) is 4.88 Å². The third-order valence-corrected chi connectivity index (χ3v) is 2.53. The van der Waals surface area contributed by atoms with Crippen molar-refractivity contribution >= 4 is 17.3 Å². The fourth-order valence-electron chi connectivity index (χ4n) is 1.07. The number of aromatic nitrogens is 2. The first kappa shape index (κ1) is 10.9. The number of carbonyl (C=O) groups is 1. The third kappa shape index (κ3) is 2.64. The predicted molar refractivity (Wildman–Crippen MR) is 56.3 cm³/mol. The highest BCUT2D eigenvalue weighted by molar-refractivity contribution is 7.08. The van der Waals surface area contributed by atoms with Gasteiger partial charge in [0.15, 0.2) is 5.78 Å². The number of hydrogen-bond donors (Lipinski definition) is 0. The van der Waals surface area contributed by atoms with Crippen LogP contribution in [0.1, 0.15) is 42.1 Å². The molecule has 4 heteroatoms. The predicted octanol–water partition coefficient (Wildman–Crippen LogP) is 2.09. The lowest BCUT2D eigenvalue weighted by Crippen LogP contribution is -1.99. The number of hydrogen-bond acceptors (Lipinski definition) is 4. The van der Waals surface area contributed by atoms with E-state index in [9.17, 15) is 4.79 Å². The van der Waals surface area contributed by atoms with E-state index < -0.39 is 0 Å². The van der Waals surface area contributed by atoms with E-state index in [1.165, 1.54) is 11.5 Å². The quantitative estimate of drug-likeness (QED) is 0.562. The minimum Gasteiger partial charge on any atom is -0.292 e. The molecule has 0 spiro atoms. The Labute approximate surface area is 87.7 Å². The molecule has 0 bridgehead atoms. The van der Waals surface area contributed by atoms with Crippen LogP contribution in [0.25, 0.3) is 0 Å². The molecule has 0 aliphatic heterocycles. The van der Waals surface area contributed by atoms with Gasteiger partial charge in [-0.1, -0.05) is 23.8 Å². The Balaban J connectivity index is 2.76. The number of carbonyl (C=O) groups excluding carboxylic acids is 1. The van der Waals surface area contributed by atoms with Gasteiger partial charge in [-0.25, -0.2) is 0 Å². The summed E-state index contributed by atoms with van der Waals surface area (Å²) in [7, 11) is 0. The molecule has 1 heterocycles. The van der Waals surface area contributed by atoms with E-state index in [1.807, 2.05) is 0 Å². The minimum absolute atomic E-state index is 0.0396. The Morgan fingerprint density at radius 2 is 2.36 bits per heavy atom. The molecular weight excluding hydrogens is 196 g/mol. The maximum absolute atomic E-state index is 11.6. The van der Waals surface area contributed by atoms with Gasteiger partial charge >= 0.3 is 0 Å². The van der Waals surface area contributed by atoms with E-state index in [2.05, 4.69) is 28.4 Å². The summed E-state index contributed by atoms with van der Waals surface area (Å²) < 4.78 is 3.79. The molecule has 1 aromatic heterocycles. The fraction of sp³-hybridized carbons (Fsp3) is 0.500. The molecule has 0 radical (unpaired) electrons. The van der Waals surface area contributed by atoms with Gasteiger partial charge in [-0.3, -0.25) is 4.79 Å². The average Bonchev–Trinajstić information content (AvgIpc) is 2.63. The standard InChI is InChI=1S/C10H12N2OS/c1-3-5-7-9(13)10-8(6-4-2)11-12-14-10/h4,6-7H2,1-2H3. The fourth-order valence-corrected chi connectivity index (χ4v) is 1.71. The minimum atomic E-state index is 0.0396. The number of Topliss-reactive ketones (excluding diaryl/α,β-unsaturated/α-hetero) is 1. The first-order valence-corrected chi connectivity index (χ1v) is 5.31. The van der Waals surface area contributed by atoms with Gasteiger partial charge in [0.25, 0.3) is 0 Å². The van der Waals surface area contributed by atoms with Crippen LogP contribution in [0.4, 0.5) is 0 Å². The molecule has 0 fully saturated rings. The molecule has 0 saturated heterocycles. The van der Waals surface area contributed by atoms with E-state index >= 15 is 0 Å². The first-order valence-electron chi connectivity index (χ1n) is 4.53. The van der Waals surface area contributed by atoms with Crippen LogP contribution in [0.5, 0.6) is 0 Å². The molecule has 0 aliphatic carbocycles. The molecule has 0 atom stereocenters. The lowest BCUT2D eigenvalue weighted by atomic mass is 10.1. The highest BCUT2D eigenvalue weighted by atomic mass is 32.1. The number of rotatable bonds is 4. The van der Waals surface area contributed by atoms with Crippen LogP contribution in [0, 0.1) is 11.8 Å². The second-order valence-electron chi connectivity index (χ2n) is 2.83. The van der Waals surface area contributed by atoms with Crippen LogP contribution in [-0.4, -0.2) is 15.4 Å². The van der Waals surface area contributed by atoms with Gasteiger partial charge < -0.3 is 0 Å². The molecule has 0 unspecified atom stereocenters. The van der Waals surface area contributed by atoms with Gasteiger partial charge in [0.05, 0.1) is 12.1 Å². The maximum Gasteiger partial charge on any atom is 0.188 e.